The van der Waals surface area contributed by atoms with E-state index in [-0.39, 0.29) is 5.17 Å². The van der Waals surface area contributed by atoms with E-state index in [1.807, 2.05) is 0 Å². The van der Waals surface area contributed by atoms with E-state index in [0.717, 1.165) is 0 Å². The molecule has 7 heteroatoms. The molecule has 0 aromatic heterocycles. The van der Waals surface area contributed by atoms with E-state index in [4.69, 9.17) is 34.8 Å². The van der Waals surface area contributed by atoms with Gasteiger partial charge < -0.3 is 0 Å². The molecule has 1 aromatic rings. The number of carbonyl (C=O) groups excluding carboxylic acids is 1. The second kappa shape index (κ2) is 5.94. The maximum Gasteiger partial charge on any atom is 0.437 e. The molecule has 0 saturated carbocycles. The van der Waals surface area contributed by atoms with E-state index < -0.39 is 6.09 Å². The molecule has 1 amide bonds. The average molecular weight is 282 g/mol. The fraction of sp³-hybridized carbons (Fsp3) is 0.111. The Hall–Kier alpha value is -0.970. The fourth-order valence-corrected chi connectivity index (χ4v) is 1.15. The molecule has 0 aliphatic carbocycles. The van der Waals surface area contributed by atoms with Gasteiger partial charge in [0, 0.05) is 5.69 Å². The van der Waals surface area contributed by atoms with Gasteiger partial charge in [-0.1, -0.05) is 40.0 Å². The van der Waals surface area contributed by atoms with Crippen LogP contribution in [0.4, 0.5) is 10.5 Å². The molecular formula is C9H7Cl3N2O2. The van der Waals surface area contributed by atoms with Gasteiger partial charge in [0.1, 0.15) is 5.17 Å². The summed E-state index contributed by atoms with van der Waals surface area (Å²) in [5, 5.41) is 6.51. The number of hydrogen-bond donors (Lipinski definition) is 1. The molecule has 0 spiro atoms. The van der Waals surface area contributed by atoms with Crippen LogP contribution in [-0.2, 0) is 4.84 Å². The Morgan fingerprint density at radius 3 is 2.62 bits per heavy atom. The number of halogens is 3. The molecule has 16 heavy (non-hydrogen) atoms. The predicted molar refractivity (Wildman–Crippen MR) is 65.5 cm³/mol. The van der Waals surface area contributed by atoms with E-state index in [0.29, 0.717) is 15.7 Å². The molecule has 0 radical (unpaired) electrons. The molecule has 0 bridgehead atoms. The van der Waals surface area contributed by atoms with Crippen molar-refractivity contribution in [1.29, 1.82) is 0 Å². The van der Waals surface area contributed by atoms with E-state index in [1.165, 1.54) is 13.0 Å². The van der Waals surface area contributed by atoms with Crippen molar-refractivity contribution in [3.05, 3.63) is 28.2 Å². The van der Waals surface area contributed by atoms with Crippen LogP contribution in [0.3, 0.4) is 0 Å². The summed E-state index contributed by atoms with van der Waals surface area (Å²) < 4.78 is 0. The van der Waals surface area contributed by atoms with Gasteiger partial charge in [-0.25, -0.2) is 4.79 Å². The summed E-state index contributed by atoms with van der Waals surface area (Å²) in [6.45, 7) is 1.48. The Balaban J connectivity index is 2.63. The summed E-state index contributed by atoms with van der Waals surface area (Å²) in [6, 6.07) is 4.62. The number of oxime groups is 1. The smallest absolute Gasteiger partial charge is 0.297 e. The minimum atomic E-state index is -0.765. The number of nitrogens with one attached hydrogen (secondary N) is 1. The summed E-state index contributed by atoms with van der Waals surface area (Å²) in [6.07, 6.45) is -0.765. The van der Waals surface area contributed by atoms with Crippen molar-refractivity contribution < 1.29 is 9.63 Å². The maximum atomic E-state index is 11.1. The van der Waals surface area contributed by atoms with Crippen molar-refractivity contribution in [2.45, 2.75) is 6.92 Å². The van der Waals surface area contributed by atoms with Crippen LogP contribution in [0.25, 0.3) is 0 Å². The third-order valence-corrected chi connectivity index (χ3v) is 2.23. The quantitative estimate of drug-likeness (QED) is 0.504. The van der Waals surface area contributed by atoms with Crippen LogP contribution in [-0.4, -0.2) is 11.3 Å². The van der Waals surface area contributed by atoms with Gasteiger partial charge >= 0.3 is 6.09 Å². The van der Waals surface area contributed by atoms with Crippen molar-refractivity contribution in [2.75, 3.05) is 5.32 Å². The van der Waals surface area contributed by atoms with Crippen LogP contribution in [0, 0.1) is 0 Å². The summed E-state index contributed by atoms with van der Waals surface area (Å²) in [5.74, 6) is 0. The zero-order chi connectivity index (χ0) is 12.1. The van der Waals surface area contributed by atoms with Gasteiger partial charge in [0.2, 0.25) is 0 Å². The number of amides is 1. The van der Waals surface area contributed by atoms with Gasteiger partial charge in [-0.15, -0.1) is 0 Å². The Morgan fingerprint density at radius 2 is 2.06 bits per heavy atom. The standard InChI is InChI=1S/C9H7Cl3N2O2/c1-5(10)14-16-9(15)13-6-2-3-7(11)8(12)4-6/h2-4H,1H3,(H,13,15)/b14-5+. The lowest BCUT2D eigenvalue weighted by atomic mass is 10.3. The summed E-state index contributed by atoms with van der Waals surface area (Å²) in [5.41, 5.74) is 0.446. The molecule has 4 nitrogen and oxygen atoms in total. The molecule has 86 valence electrons. The number of hydrogen-bond acceptors (Lipinski definition) is 3. The van der Waals surface area contributed by atoms with Crippen LogP contribution in [0.5, 0.6) is 0 Å². The highest BCUT2D eigenvalue weighted by Gasteiger charge is 2.05. The first-order valence-electron chi connectivity index (χ1n) is 4.12. The van der Waals surface area contributed by atoms with Gasteiger partial charge in [-0.05, 0) is 25.1 Å². The van der Waals surface area contributed by atoms with Crippen molar-refractivity contribution in [3.8, 4) is 0 Å². The summed E-state index contributed by atoms with van der Waals surface area (Å²) >= 11 is 16.8. The Morgan fingerprint density at radius 1 is 1.38 bits per heavy atom. The zero-order valence-electron chi connectivity index (χ0n) is 8.13. The Bertz CT molecular complexity index is 431. The van der Waals surface area contributed by atoms with Gasteiger partial charge in [-0.2, -0.15) is 0 Å². The highest BCUT2D eigenvalue weighted by molar-refractivity contribution is 6.64. The minimum Gasteiger partial charge on any atom is -0.297 e. The number of carbonyl (C=O) groups is 1. The van der Waals surface area contributed by atoms with Crippen molar-refractivity contribution in [2.24, 2.45) is 5.16 Å². The molecular weight excluding hydrogens is 274 g/mol. The highest BCUT2D eigenvalue weighted by atomic mass is 35.5. The first kappa shape index (κ1) is 13.1. The molecule has 0 unspecified atom stereocenters. The maximum absolute atomic E-state index is 11.1. The number of anilines is 1. The van der Waals surface area contributed by atoms with Crippen molar-refractivity contribution >= 4 is 51.8 Å². The predicted octanol–water partition coefficient (Wildman–Crippen LogP) is 4.11. The first-order valence-corrected chi connectivity index (χ1v) is 5.25. The third kappa shape index (κ3) is 4.26. The second-order valence-corrected chi connectivity index (χ2v) is 4.08. The average Bonchev–Trinajstić information content (AvgIpc) is 2.21. The van der Waals surface area contributed by atoms with Gasteiger partial charge in [0.25, 0.3) is 0 Å². The normalized spacial score (nSPS) is 11.1. The van der Waals surface area contributed by atoms with Crippen LogP contribution < -0.4 is 5.32 Å². The fourth-order valence-electron chi connectivity index (χ4n) is 0.819. The third-order valence-electron chi connectivity index (χ3n) is 1.42. The van der Waals surface area contributed by atoms with Crippen LogP contribution in [0.1, 0.15) is 6.92 Å². The molecule has 1 aromatic carbocycles. The number of rotatable bonds is 2. The van der Waals surface area contributed by atoms with Gasteiger partial charge in [0.05, 0.1) is 10.0 Å². The van der Waals surface area contributed by atoms with E-state index in [9.17, 15) is 4.79 Å². The molecule has 0 aliphatic rings. The van der Waals surface area contributed by atoms with E-state index in [2.05, 4.69) is 15.3 Å². The van der Waals surface area contributed by atoms with Crippen molar-refractivity contribution in [3.63, 3.8) is 0 Å². The molecule has 0 saturated heterocycles. The highest BCUT2D eigenvalue weighted by Crippen LogP contribution is 2.24. The largest absolute Gasteiger partial charge is 0.437 e. The Kier molecular flexibility index (Phi) is 4.86. The summed E-state index contributed by atoms with van der Waals surface area (Å²) in [7, 11) is 0. The molecule has 0 heterocycles. The van der Waals surface area contributed by atoms with Crippen LogP contribution in [0.15, 0.2) is 23.4 Å². The zero-order valence-corrected chi connectivity index (χ0v) is 10.4. The molecule has 1 rings (SSSR count). The SMILES string of the molecule is C/C(Cl)=N\OC(=O)Nc1ccc(Cl)c(Cl)c1. The molecule has 0 fully saturated rings. The van der Waals surface area contributed by atoms with Crippen LogP contribution in [0.2, 0.25) is 10.0 Å². The number of nitrogens with zero attached hydrogens (tertiary/aromatic N) is 1. The van der Waals surface area contributed by atoms with Gasteiger partial charge in [-0.3, -0.25) is 10.2 Å². The lowest BCUT2D eigenvalue weighted by Gasteiger charge is -2.03. The summed E-state index contributed by atoms with van der Waals surface area (Å²) in [4.78, 5) is 15.5. The topological polar surface area (TPSA) is 50.7 Å². The minimum absolute atomic E-state index is 0.115. The molecule has 0 aliphatic heterocycles. The number of benzene rings is 1. The molecule has 1 N–H and O–H groups in total. The van der Waals surface area contributed by atoms with E-state index in [1.54, 1.807) is 12.1 Å². The Labute approximate surface area is 107 Å². The molecule has 0 atom stereocenters. The monoisotopic (exact) mass is 280 g/mol. The van der Waals surface area contributed by atoms with Crippen molar-refractivity contribution in [1.82, 2.24) is 0 Å². The van der Waals surface area contributed by atoms with E-state index >= 15 is 0 Å². The lowest BCUT2D eigenvalue weighted by molar-refractivity contribution is 0.167. The van der Waals surface area contributed by atoms with Crippen LogP contribution >= 0.6 is 34.8 Å². The lowest BCUT2D eigenvalue weighted by Crippen LogP contribution is -2.11. The second-order valence-electron chi connectivity index (χ2n) is 2.72. The first-order chi connectivity index (χ1) is 7.49. The van der Waals surface area contributed by atoms with Gasteiger partial charge in [0.15, 0.2) is 0 Å².